The maximum Gasteiger partial charge on any atom is 0.338 e. The summed E-state index contributed by atoms with van der Waals surface area (Å²) in [6.07, 6.45) is 0.770. The molecule has 1 amide bonds. The number of rotatable bonds is 12. The van der Waals surface area contributed by atoms with E-state index in [0.29, 0.717) is 31.1 Å². The SMILES string of the molecule is CCCOC(=O)c1ccc(NC(=O)CNc2ccc(OCCOc3ccccc3)cc2)cc1. The highest BCUT2D eigenvalue weighted by Crippen LogP contribution is 2.16. The molecule has 3 rings (SSSR count). The molecule has 0 saturated carbocycles. The zero-order valence-corrected chi connectivity index (χ0v) is 18.6. The van der Waals surface area contributed by atoms with Crippen LogP contribution in [0.15, 0.2) is 78.9 Å². The molecule has 3 aromatic rings. The first kappa shape index (κ1) is 23.7. The largest absolute Gasteiger partial charge is 0.490 e. The van der Waals surface area contributed by atoms with E-state index in [0.717, 1.165) is 23.6 Å². The second-order valence-electron chi connectivity index (χ2n) is 7.15. The molecule has 0 saturated heterocycles. The Morgan fingerprint density at radius 1 is 0.727 bits per heavy atom. The predicted octanol–water partition coefficient (Wildman–Crippen LogP) is 4.76. The highest BCUT2D eigenvalue weighted by atomic mass is 16.5. The average molecular weight is 449 g/mol. The summed E-state index contributed by atoms with van der Waals surface area (Å²) in [7, 11) is 0. The molecule has 0 radical (unpaired) electrons. The van der Waals surface area contributed by atoms with Gasteiger partial charge in [-0.2, -0.15) is 0 Å². The molecule has 0 aliphatic heterocycles. The number of amides is 1. The van der Waals surface area contributed by atoms with Gasteiger partial charge in [-0.05, 0) is 67.1 Å². The number of benzene rings is 3. The molecule has 0 aromatic heterocycles. The minimum atomic E-state index is -0.368. The Morgan fingerprint density at radius 3 is 1.97 bits per heavy atom. The minimum absolute atomic E-state index is 0.103. The Hall–Kier alpha value is -4.00. The van der Waals surface area contributed by atoms with E-state index < -0.39 is 0 Å². The Bertz CT molecular complexity index is 1010. The molecule has 0 aliphatic carbocycles. The van der Waals surface area contributed by atoms with Crippen LogP contribution in [0.2, 0.25) is 0 Å². The summed E-state index contributed by atoms with van der Waals surface area (Å²) < 4.78 is 16.4. The first-order valence-corrected chi connectivity index (χ1v) is 10.9. The molecule has 0 atom stereocenters. The lowest BCUT2D eigenvalue weighted by atomic mass is 10.2. The van der Waals surface area contributed by atoms with Gasteiger partial charge in [-0.3, -0.25) is 4.79 Å². The van der Waals surface area contributed by atoms with E-state index in [4.69, 9.17) is 14.2 Å². The molecule has 33 heavy (non-hydrogen) atoms. The number of para-hydroxylation sites is 1. The van der Waals surface area contributed by atoms with Gasteiger partial charge in [-0.25, -0.2) is 4.79 Å². The summed E-state index contributed by atoms with van der Waals surface area (Å²) in [5, 5.41) is 5.86. The lowest BCUT2D eigenvalue weighted by Crippen LogP contribution is -2.21. The number of hydrogen-bond acceptors (Lipinski definition) is 6. The molecule has 0 aliphatic rings. The zero-order valence-electron chi connectivity index (χ0n) is 18.6. The predicted molar refractivity (Wildman–Crippen MR) is 128 cm³/mol. The Kier molecular flexibility index (Phi) is 9.15. The van der Waals surface area contributed by atoms with E-state index in [2.05, 4.69) is 10.6 Å². The molecule has 0 spiro atoms. The number of nitrogens with one attached hydrogen (secondary N) is 2. The van der Waals surface area contributed by atoms with Gasteiger partial charge in [0, 0.05) is 11.4 Å². The third-order valence-corrected chi connectivity index (χ3v) is 4.51. The van der Waals surface area contributed by atoms with E-state index in [1.807, 2.05) is 61.5 Å². The monoisotopic (exact) mass is 448 g/mol. The summed E-state index contributed by atoms with van der Waals surface area (Å²) in [4.78, 5) is 24.0. The molecular weight excluding hydrogens is 420 g/mol. The lowest BCUT2D eigenvalue weighted by molar-refractivity contribution is -0.114. The van der Waals surface area contributed by atoms with Crippen LogP contribution >= 0.6 is 0 Å². The summed E-state index contributed by atoms with van der Waals surface area (Å²) in [6, 6.07) is 23.5. The van der Waals surface area contributed by atoms with Gasteiger partial charge in [0.1, 0.15) is 24.7 Å². The Morgan fingerprint density at radius 2 is 1.33 bits per heavy atom. The van der Waals surface area contributed by atoms with Crippen LogP contribution in [0.3, 0.4) is 0 Å². The number of ether oxygens (including phenoxy) is 3. The van der Waals surface area contributed by atoms with Crippen molar-refractivity contribution in [3.8, 4) is 11.5 Å². The molecule has 0 unspecified atom stereocenters. The molecule has 3 aromatic carbocycles. The normalized spacial score (nSPS) is 10.2. The van der Waals surface area contributed by atoms with Gasteiger partial charge >= 0.3 is 5.97 Å². The van der Waals surface area contributed by atoms with Crippen LogP contribution in [0.25, 0.3) is 0 Å². The quantitative estimate of drug-likeness (QED) is 0.307. The van der Waals surface area contributed by atoms with Gasteiger partial charge in [0.15, 0.2) is 0 Å². The van der Waals surface area contributed by atoms with Gasteiger partial charge < -0.3 is 24.8 Å². The van der Waals surface area contributed by atoms with Crippen LogP contribution in [0, 0.1) is 0 Å². The van der Waals surface area contributed by atoms with Crippen molar-refractivity contribution in [1.29, 1.82) is 0 Å². The maximum atomic E-state index is 12.2. The Labute approximate surface area is 193 Å². The van der Waals surface area contributed by atoms with Crippen molar-refractivity contribution < 1.29 is 23.8 Å². The standard InChI is InChI=1S/C26H28N2O5/c1-2-16-33-26(30)20-8-10-22(11-9-20)28-25(29)19-27-21-12-14-24(15-13-21)32-18-17-31-23-6-4-3-5-7-23/h3-15,27H,2,16-19H2,1H3,(H,28,29). The summed E-state index contributed by atoms with van der Waals surface area (Å²) in [6.45, 7) is 3.31. The highest BCUT2D eigenvalue weighted by Gasteiger charge is 2.08. The van der Waals surface area contributed by atoms with E-state index in [9.17, 15) is 9.59 Å². The molecule has 7 nitrogen and oxygen atoms in total. The number of esters is 1. The summed E-state index contributed by atoms with van der Waals surface area (Å²) in [5.74, 6) is 0.964. The number of carbonyl (C=O) groups excluding carboxylic acids is 2. The van der Waals surface area contributed by atoms with E-state index in [1.54, 1.807) is 24.3 Å². The lowest BCUT2D eigenvalue weighted by Gasteiger charge is -2.10. The fourth-order valence-corrected chi connectivity index (χ4v) is 2.86. The van der Waals surface area contributed by atoms with Crippen molar-refractivity contribution in [3.63, 3.8) is 0 Å². The van der Waals surface area contributed by atoms with Crippen LogP contribution in [0.5, 0.6) is 11.5 Å². The molecule has 0 bridgehead atoms. The molecule has 2 N–H and O–H groups in total. The maximum absolute atomic E-state index is 12.2. The summed E-state index contributed by atoms with van der Waals surface area (Å²) in [5.41, 5.74) is 1.86. The first-order valence-electron chi connectivity index (χ1n) is 10.9. The average Bonchev–Trinajstić information content (AvgIpc) is 2.85. The second kappa shape index (κ2) is 12.8. The van der Waals surface area contributed by atoms with Gasteiger partial charge in [0.05, 0.1) is 18.7 Å². The van der Waals surface area contributed by atoms with Crippen LogP contribution < -0.4 is 20.1 Å². The third-order valence-electron chi connectivity index (χ3n) is 4.51. The van der Waals surface area contributed by atoms with Crippen LogP contribution in [0.1, 0.15) is 23.7 Å². The van der Waals surface area contributed by atoms with Crippen LogP contribution in [0.4, 0.5) is 11.4 Å². The Balaban J connectivity index is 1.36. The number of anilines is 2. The number of hydrogen-bond donors (Lipinski definition) is 2. The number of carbonyl (C=O) groups is 2. The van der Waals surface area contributed by atoms with Crippen molar-refractivity contribution in [2.75, 3.05) is 37.0 Å². The van der Waals surface area contributed by atoms with E-state index >= 15 is 0 Å². The van der Waals surface area contributed by atoms with Crippen molar-refractivity contribution in [3.05, 3.63) is 84.4 Å². The fourth-order valence-electron chi connectivity index (χ4n) is 2.86. The molecule has 172 valence electrons. The topological polar surface area (TPSA) is 85.9 Å². The fraction of sp³-hybridized carbons (Fsp3) is 0.231. The molecule has 0 heterocycles. The van der Waals surface area contributed by atoms with Gasteiger partial charge in [-0.15, -0.1) is 0 Å². The molecular formula is C26H28N2O5. The van der Waals surface area contributed by atoms with Crippen LogP contribution in [-0.2, 0) is 9.53 Å². The third kappa shape index (κ3) is 8.22. The second-order valence-corrected chi connectivity index (χ2v) is 7.15. The minimum Gasteiger partial charge on any atom is -0.490 e. The van der Waals surface area contributed by atoms with E-state index in [-0.39, 0.29) is 18.4 Å². The smallest absolute Gasteiger partial charge is 0.338 e. The van der Waals surface area contributed by atoms with Crippen molar-refractivity contribution >= 4 is 23.3 Å². The van der Waals surface area contributed by atoms with Gasteiger partial charge in [0.25, 0.3) is 0 Å². The van der Waals surface area contributed by atoms with Crippen LogP contribution in [-0.4, -0.2) is 38.2 Å². The van der Waals surface area contributed by atoms with Crippen molar-refractivity contribution in [1.82, 2.24) is 0 Å². The van der Waals surface area contributed by atoms with Gasteiger partial charge in [0.2, 0.25) is 5.91 Å². The summed E-state index contributed by atoms with van der Waals surface area (Å²) >= 11 is 0. The first-order chi connectivity index (χ1) is 16.1. The van der Waals surface area contributed by atoms with Crippen molar-refractivity contribution in [2.45, 2.75) is 13.3 Å². The van der Waals surface area contributed by atoms with E-state index in [1.165, 1.54) is 0 Å². The van der Waals surface area contributed by atoms with Gasteiger partial charge in [-0.1, -0.05) is 25.1 Å². The highest BCUT2D eigenvalue weighted by molar-refractivity contribution is 5.95. The van der Waals surface area contributed by atoms with Crippen molar-refractivity contribution in [2.24, 2.45) is 0 Å². The molecule has 7 heteroatoms. The zero-order chi connectivity index (χ0) is 23.3. The molecule has 0 fully saturated rings.